The van der Waals surface area contributed by atoms with Crippen LogP contribution in [0.3, 0.4) is 0 Å². The Hall–Kier alpha value is -2.91. The first-order valence-corrected chi connectivity index (χ1v) is 11.8. The number of hydrogen-bond acceptors (Lipinski definition) is 2. The molecule has 0 unspecified atom stereocenters. The Kier molecular flexibility index (Phi) is 7.73. The zero-order valence-electron chi connectivity index (χ0n) is 19.1. The summed E-state index contributed by atoms with van der Waals surface area (Å²) >= 11 is 0. The molecule has 3 aromatic carbocycles. The summed E-state index contributed by atoms with van der Waals surface area (Å²) in [5.41, 5.74) is 3.87. The standard InChI is InChI=1S/C29H34N2O/c1-30(29(32)23-24-11-5-2-6-12-24)27-17-20-31(21-18-27)22-19-28(25-13-7-3-8-14-25)26-15-9-4-10-16-26/h2-16,27-28H,17-23H2,1H3. The van der Waals surface area contributed by atoms with Gasteiger partial charge in [0.15, 0.2) is 0 Å². The Morgan fingerprint density at radius 2 is 1.34 bits per heavy atom. The van der Waals surface area contributed by atoms with Gasteiger partial charge in [-0.2, -0.15) is 0 Å². The predicted octanol–water partition coefficient (Wildman–Crippen LogP) is 5.37. The third-order valence-corrected chi connectivity index (χ3v) is 6.83. The lowest BCUT2D eigenvalue weighted by Gasteiger charge is -2.37. The van der Waals surface area contributed by atoms with Crippen molar-refractivity contribution in [3.8, 4) is 0 Å². The fourth-order valence-electron chi connectivity index (χ4n) is 4.84. The van der Waals surface area contributed by atoms with Gasteiger partial charge in [0.1, 0.15) is 0 Å². The summed E-state index contributed by atoms with van der Waals surface area (Å²) in [7, 11) is 1.98. The van der Waals surface area contributed by atoms with Crippen LogP contribution in [-0.2, 0) is 11.2 Å². The van der Waals surface area contributed by atoms with E-state index in [2.05, 4.69) is 65.6 Å². The fraction of sp³-hybridized carbons (Fsp3) is 0.345. The van der Waals surface area contributed by atoms with Crippen molar-refractivity contribution in [1.82, 2.24) is 9.80 Å². The maximum atomic E-state index is 12.7. The second-order valence-electron chi connectivity index (χ2n) is 8.90. The largest absolute Gasteiger partial charge is 0.342 e. The molecule has 32 heavy (non-hydrogen) atoms. The Balaban J connectivity index is 1.30. The topological polar surface area (TPSA) is 23.6 Å². The number of hydrogen-bond donors (Lipinski definition) is 0. The number of carbonyl (C=O) groups excluding carboxylic acids is 1. The quantitative estimate of drug-likeness (QED) is 0.483. The highest BCUT2D eigenvalue weighted by Gasteiger charge is 2.26. The van der Waals surface area contributed by atoms with Crippen molar-refractivity contribution in [2.24, 2.45) is 0 Å². The molecule has 1 amide bonds. The van der Waals surface area contributed by atoms with Crippen LogP contribution in [0.2, 0.25) is 0 Å². The normalized spacial score (nSPS) is 15.1. The number of benzene rings is 3. The number of amides is 1. The molecule has 0 bridgehead atoms. The van der Waals surface area contributed by atoms with Crippen LogP contribution in [0.4, 0.5) is 0 Å². The number of rotatable bonds is 8. The number of likely N-dealkylation sites (N-methyl/N-ethyl adjacent to an activating group) is 1. The number of carbonyl (C=O) groups is 1. The van der Waals surface area contributed by atoms with Crippen molar-refractivity contribution in [1.29, 1.82) is 0 Å². The van der Waals surface area contributed by atoms with Gasteiger partial charge in [-0.15, -0.1) is 0 Å². The van der Waals surface area contributed by atoms with Gasteiger partial charge in [0.05, 0.1) is 6.42 Å². The van der Waals surface area contributed by atoms with Gasteiger partial charge in [0.2, 0.25) is 5.91 Å². The lowest BCUT2D eigenvalue weighted by molar-refractivity contribution is -0.132. The van der Waals surface area contributed by atoms with Crippen LogP contribution >= 0.6 is 0 Å². The van der Waals surface area contributed by atoms with Gasteiger partial charge in [-0.3, -0.25) is 4.79 Å². The van der Waals surface area contributed by atoms with Crippen LogP contribution in [0.5, 0.6) is 0 Å². The van der Waals surface area contributed by atoms with Crippen molar-refractivity contribution in [2.45, 2.75) is 37.6 Å². The molecule has 0 aromatic heterocycles. The van der Waals surface area contributed by atoms with Crippen molar-refractivity contribution in [3.05, 3.63) is 108 Å². The summed E-state index contributed by atoms with van der Waals surface area (Å²) in [4.78, 5) is 17.3. The molecular weight excluding hydrogens is 392 g/mol. The Bertz CT molecular complexity index is 911. The van der Waals surface area contributed by atoms with Crippen LogP contribution in [0.1, 0.15) is 41.9 Å². The van der Waals surface area contributed by atoms with E-state index < -0.39 is 0 Å². The second kappa shape index (κ2) is 11.1. The highest BCUT2D eigenvalue weighted by molar-refractivity contribution is 5.78. The molecule has 3 nitrogen and oxygen atoms in total. The molecule has 4 rings (SSSR count). The van der Waals surface area contributed by atoms with Crippen LogP contribution in [0.25, 0.3) is 0 Å². The molecule has 3 heteroatoms. The minimum absolute atomic E-state index is 0.225. The molecule has 1 aliphatic heterocycles. The highest BCUT2D eigenvalue weighted by atomic mass is 16.2. The summed E-state index contributed by atoms with van der Waals surface area (Å²) in [6.07, 6.45) is 3.71. The average Bonchev–Trinajstić information content (AvgIpc) is 2.86. The van der Waals surface area contributed by atoms with E-state index in [-0.39, 0.29) is 5.91 Å². The van der Waals surface area contributed by atoms with E-state index in [0.29, 0.717) is 18.4 Å². The average molecular weight is 427 g/mol. The number of likely N-dealkylation sites (tertiary alicyclic amines) is 1. The monoisotopic (exact) mass is 426 g/mol. The van der Waals surface area contributed by atoms with Crippen LogP contribution < -0.4 is 0 Å². The van der Waals surface area contributed by atoms with Crippen molar-refractivity contribution >= 4 is 5.91 Å². The summed E-state index contributed by atoms with van der Waals surface area (Å²) in [5, 5.41) is 0. The molecule has 1 fully saturated rings. The lowest BCUT2D eigenvalue weighted by Crippen LogP contribution is -2.46. The summed E-state index contributed by atoms with van der Waals surface area (Å²) in [6.45, 7) is 3.21. The van der Waals surface area contributed by atoms with Gasteiger partial charge in [-0.05, 0) is 42.5 Å². The zero-order chi connectivity index (χ0) is 22.2. The van der Waals surface area contributed by atoms with E-state index in [4.69, 9.17) is 0 Å². The van der Waals surface area contributed by atoms with Crippen molar-refractivity contribution < 1.29 is 4.79 Å². The summed E-state index contributed by atoms with van der Waals surface area (Å²) in [6, 6.07) is 32.1. The molecule has 0 radical (unpaired) electrons. The van der Waals surface area contributed by atoms with E-state index >= 15 is 0 Å². The number of nitrogens with zero attached hydrogens (tertiary/aromatic N) is 2. The molecule has 1 aliphatic rings. The molecule has 166 valence electrons. The molecule has 1 heterocycles. The third kappa shape index (κ3) is 5.86. The van der Waals surface area contributed by atoms with Crippen LogP contribution in [0.15, 0.2) is 91.0 Å². The molecule has 0 saturated carbocycles. The van der Waals surface area contributed by atoms with Crippen molar-refractivity contribution in [2.75, 3.05) is 26.7 Å². The number of piperidine rings is 1. The van der Waals surface area contributed by atoms with Gasteiger partial charge < -0.3 is 9.80 Å². The van der Waals surface area contributed by atoms with E-state index in [1.807, 2.05) is 42.3 Å². The highest BCUT2D eigenvalue weighted by Crippen LogP contribution is 2.29. The maximum absolute atomic E-state index is 12.7. The van der Waals surface area contributed by atoms with E-state index in [1.165, 1.54) is 11.1 Å². The lowest BCUT2D eigenvalue weighted by atomic mass is 9.88. The molecule has 0 N–H and O–H groups in total. The van der Waals surface area contributed by atoms with E-state index in [1.54, 1.807) is 0 Å². The minimum Gasteiger partial charge on any atom is -0.342 e. The first-order valence-electron chi connectivity index (χ1n) is 11.8. The Morgan fingerprint density at radius 3 is 1.88 bits per heavy atom. The van der Waals surface area contributed by atoms with Gasteiger partial charge in [-0.1, -0.05) is 91.0 Å². The van der Waals surface area contributed by atoms with Crippen molar-refractivity contribution in [3.63, 3.8) is 0 Å². The first-order chi connectivity index (χ1) is 15.7. The molecule has 3 aromatic rings. The smallest absolute Gasteiger partial charge is 0.226 e. The Morgan fingerprint density at radius 1 is 0.844 bits per heavy atom. The van der Waals surface area contributed by atoms with Gasteiger partial charge in [0, 0.05) is 32.1 Å². The Labute approximate surface area is 192 Å². The summed E-state index contributed by atoms with van der Waals surface area (Å²) in [5.74, 6) is 0.646. The van der Waals surface area contributed by atoms with Gasteiger partial charge >= 0.3 is 0 Å². The second-order valence-corrected chi connectivity index (χ2v) is 8.90. The molecule has 1 saturated heterocycles. The van der Waals surface area contributed by atoms with E-state index in [9.17, 15) is 4.79 Å². The fourth-order valence-corrected chi connectivity index (χ4v) is 4.84. The predicted molar refractivity (Wildman–Crippen MR) is 132 cm³/mol. The van der Waals surface area contributed by atoms with Gasteiger partial charge in [-0.25, -0.2) is 0 Å². The first kappa shape index (κ1) is 22.3. The maximum Gasteiger partial charge on any atom is 0.226 e. The minimum atomic E-state index is 0.225. The van der Waals surface area contributed by atoms with E-state index in [0.717, 1.165) is 44.5 Å². The van der Waals surface area contributed by atoms with Crippen LogP contribution in [-0.4, -0.2) is 48.4 Å². The molecule has 0 spiro atoms. The zero-order valence-corrected chi connectivity index (χ0v) is 19.1. The SMILES string of the molecule is CN(C(=O)Cc1ccccc1)C1CCN(CCC(c2ccccc2)c2ccccc2)CC1. The molecule has 0 aliphatic carbocycles. The molecular formula is C29H34N2O. The summed E-state index contributed by atoms with van der Waals surface area (Å²) < 4.78 is 0. The molecule has 0 atom stereocenters. The van der Waals surface area contributed by atoms with Crippen LogP contribution in [0, 0.1) is 0 Å². The third-order valence-electron chi connectivity index (χ3n) is 6.83. The van der Waals surface area contributed by atoms with Gasteiger partial charge in [0.25, 0.3) is 0 Å².